The summed E-state index contributed by atoms with van der Waals surface area (Å²) < 4.78 is 5.19. The number of nitro benzene ring substituents is 1. The summed E-state index contributed by atoms with van der Waals surface area (Å²) in [5.74, 6) is -1.40. The number of hydrogen-bond donors (Lipinski definition) is 1. The number of hydrogen-bond acceptors (Lipinski definition) is 5. The van der Waals surface area contributed by atoms with E-state index in [0.717, 1.165) is 19.2 Å². The van der Waals surface area contributed by atoms with Gasteiger partial charge in [0.2, 0.25) is 0 Å². The number of methoxy groups -OCH3 is 1. The Morgan fingerprint density at radius 3 is 2.46 bits per heavy atom. The van der Waals surface area contributed by atoms with Gasteiger partial charge in [-0.3, -0.25) is 14.9 Å². The summed E-state index contributed by atoms with van der Waals surface area (Å²) in [6.07, 6.45) is 0. The fraction of sp³-hybridized carbons (Fsp3) is 0.0667. The standard InChI is InChI=1S/C15H10BrClN2O5/c1-24-15(21)9-4-8(5-11(6-9)19(22)23)14(20)18-10-2-3-12(16)13(17)7-10/h2-7H,1H3,(H,18,20). The maximum Gasteiger partial charge on any atom is 0.338 e. The number of ether oxygens (including phenoxy) is 1. The van der Waals surface area contributed by atoms with Gasteiger partial charge in [-0.2, -0.15) is 0 Å². The highest BCUT2D eigenvalue weighted by atomic mass is 79.9. The van der Waals surface area contributed by atoms with E-state index < -0.39 is 22.5 Å². The lowest BCUT2D eigenvalue weighted by molar-refractivity contribution is -0.384. The number of rotatable bonds is 4. The Morgan fingerprint density at radius 1 is 1.21 bits per heavy atom. The minimum absolute atomic E-state index is 0.0522. The predicted octanol–water partition coefficient (Wildman–Crippen LogP) is 4.05. The topological polar surface area (TPSA) is 98.5 Å². The van der Waals surface area contributed by atoms with E-state index in [9.17, 15) is 19.7 Å². The maximum atomic E-state index is 12.3. The van der Waals surface area contributed by atoms with Crippen molar-refractivity contribution in [2.24, 2.45) is 0 Å². The van der Waals surface area contributed by atoms with Gasteiger partial charge in [0.1, 0.15) is 0 Å². The van der Waals surface area contributed by atoms with E-state index in [0.29, 0.717) is 15.2 Å². The van der Waals surface area contributed by atoms with Crippen molar-refractivity contribution in [3.8, 4) is 0 Å². The molecule has 0 unspecified atom stereocenters. The molecule has 0 saturated carbocycles. The third-order valence-corrected chi connectivity index (χ3v) is 4.22. The first kappa shape index (κ1) is 17.9. The van der Waals surface area contributed by atoms with Gasteiger partial charge in [0, 0.05) is 27.9 Å². The number of carbonyl (C=O) groups excluding carboxylic acids is 2. The molecule has 0 atom stereocenters. The van der Waals surface area contributed by atoms with Gasteiger partial charge in [-0.25, -0.2) is 4.79 Å². The van der Waals surface area contributed by atoms with Crippen molar-refractivity contribution >= 4 is 50.8 Å². The number of benzene rings is 2. The maximum absolute atomic E-state index is 12.3. The van der Waals surface area contributed by atoms with Crippen LogP contribution in [0.1, 0.15) is 20.7 Å². The van der Waals surface area contributed by atoms with Crippen LogP contribution in [0, 0.1) is 10.1 Å². The highest BCUT2D eigenvalue weighted by molar-refractivity contribution is 9.10. The molecule has 7 nitrogen and oxygen atoms in total. The van der Waals surface area contributed by atoms with Crippen molar-refractivity contribution in [1.29, 1.82) is 0 Å². The summed E-state index contributed by atoms with van der Waals surface area (Å²) in [4.78, 5) is 34.2. The van der Waals surface area contributed by atoms with Crippen LogP contribution < -0.4 is 5.32 Å². The lowest BCUT2D eigenvalue weighted by Crippen LogP contribution is -2.14. The molecule has 0 heterocycles. The Labute approximate surface area is 149 Å². The van der Waals surface area contributed by atoms with Crippen LogP contribution in [-0.4, -0.2) is 23.9 Å². The molecule has 0 aliphatic heterocycles. The SMILES string of the molecule is COC(=O)c1cc(C(=O)Nc2ccc(Br)c(Cl)c2)cc([N+](=O)[O-])c1. The molecule has 2 aromatic rings. The molecular formula is C15H10BrClN2O5. The second-order valence-electron chi connectivity index (χ2n) is 4.60. The minimum Gasteiger partial charge on any atom is -0.465 e. The fourth-order valence-corrected chi connectivity index (χ4v) is 2.29. The van der Waals surface area contributed by atoms with Gasteiger partial charge < -0.3 is 10.1 Å². The number of anilines is 1. The monoisotopic (exact) mass is 412 g/mol. The first-order valence-corrected chi connectivity index (χ1v) is 7.63. The molecule has 2 rings (SSSR count). The molecule has 1 amide bonds. The number of carbonyl (C=O) groups is 2. The zero-order valence-corrected chi connectivity index (χ0v) is 14.6. The molecule has 0 radical (unpaired) electrons. The van der Waals surface area contributed by atoms with E-state index in [4.69, 9.17) is 11.6 Å². The quantitative estimate of drug-likeness (QED) is 0.463. The van der Waals surface area contributed by atoms with Gasteiger partial charge >= 0.3 is 5.97 Å². The molecule has 0 aliphatic carbocycles. The van der Waals surface area contributed by atoms with Crippen LogP contribution in [0.4, 0.5) is 11.4 Å². The van der Waals surface area contributed by atoms with Crippen LogP contribution >= 0.6 is 27.5 Å². The van der Waals surface area contributed by atoms with E-state index in [-0.39, 0.29) is 11.1 Å². The molecule has 9 heteroatoms. The van der Waals surface area contributed by atoms with E-state index in [1.165, 1.54) is 12.1 Å². The van der Waals surface area contributed by atoms with Crippen LogP contribution in [0.5, 0.6) is 0 Å². The summed E-state index contributed by atoms with van der Waals surface area (Å²) in [5.41, 5.74) is -0.134. The highest BCUT2D eigenvalue weighted by Gasteiger charge is 2.18. The average Bonchev–Trinajstić information content (AvgIpc) is 2.56. The van der Waals surface area contributed by atoms with Crippen molar-refractivity contribution in [2.75, 3.05) is 12.4 Å². The van der Waals surface area contributed by atoms with Gasteiger partial charge in [0.25, 0.3) is 11.6 Å². The average molecular weight is 414 g/mol. The molecule has 0 bridgehead atoms. The molecule has 0 fully saturated rings. The third-order valence-electron chi connectivity index (χ3n) is 2.99. The number of non-ortho nitro benzene ring substituents is 1. The van der Waals surface area contributed by atoms with Crippen LogP contribution in [0.25, 0.3) is 0 Å². The second kappa shape index (κ2) is 7.41. The zero-order chi connectivity index (χ0) is 17.9. The Morgan fingerprint density at radius 2 is 1.88 bits per heavy atom. The van der Waals surface area contributed by atoms with Crippen LogP contribution in [0.15, 0.2) is 40.9 Å². The summed E-state index contributed by atoms with van der Waals surface area (Å²) in [6.45, 7) is 0. The largest absolute Gasteiger partial charge is 0.465 e. The predicted molar refractivity (Wildman–Crippen MR) is 91.5 cm³/mol. The number of nitrogens with one attached hydrogen (secondary N) is 1. The molecule has 0 saturated heterocycles. The smallest absolute Gasteiger partial charge is 0.338 e. The molecule has 0 aromatic heterocycles. The van der Waals surface area contributed by atoms with Crippen molar-refractivity contribution in [3.63, 3.8) is 0 Å². The van der Waals surface area contributed by atoms with E-state index in [1.807, 2.05) is 0 Å². The van der Waals surface area contributed by atoms with Gasteiger partial charge in [0.05, 0.1) is 22.6 Å². The number of halogens is 2. The lowest BCUT2D eigenvalue weighted by Gasteiger charge is -2.08. The second-order valence-corrected chi connectivity index (χ2v) is 5.86. The molecule has 124 valence electrons. The molecule has 1 N–H and O–H groups in total. The lowest BCUT2D eigenvalue weighted by atomic mass is 10.1. The molecule has 0 aliphatic rings. The highest BCUT2D eigenvalue weighted by Crippen LogP contribution is 2.26. The number of amides is 1. The minimum atomic E-state index is -0.778. The zero-order valence-electron chi connectivity index (χ0n) is 12.2. The summed E-state index contributed by atoms with van der Waals surface area (Å²) in [6, 6.07) is 8.09. The van der Waals surface area contributed by atoms with Crippen LogP contribution in [0.2, 0.25) is 5.02 Å². The fourth-order valence-electron chi connectivity index (χ4n) is 1.86. The number of esters is 1. The van der Waals surface area contributed by atoms with Gasteiger partial charge in [-0.15, -0.1) is 0 Å². The molecule has 0 spiro atoms. The van der Waals surface area contributed by atoms with E-state index in [2.05, 4.69) is 26.0 Å². The Balaban J connectivity index is 2.37. The third kappa shape index (κ3) is 4.09. The van der Waals surface area contributed by atoms with E-state index >= 15 is 0 Å². The van der Waals surface area contributed by atoms with Gasteiger partial charge in [-0.1, -0.05) is 11.6 Å². The summed E-state index contributed by atoms with van der Waals surface area (Å²) >= 11 is 9.18. The summed E-state index contributed by atoms with van der Waals surface area (Å²) in [5, 5.41) is 13.9. The van der Waals surface area contributed by atoms with Gasteiger partial charge in [-0.05, 0) is 40.2 Å². The van der Waals surface area contributed by atoms with Crippen molar-refractivity contribution < 1.29 is 19.2 Å². The molecular weight excluding hydrogens is 404 g/mol. The normalized spacial score (nSPS) is 10.1. The Kier molecular flexibility index (Phi) is 5.53. The van der Waals surface area contributed by atoms with Crippen molar-refractivity contribution in [1.82, 2.24) is 0 Å². The number of nitro groups is 1. The first-order chi connectivity index (χ1) is 11.3. The molecule has 24 heavy (non-hydrogen) atoms. The van der Waals surface area contributed by atoms with Crippen molar-refractivity contribution in [2.45, 2.75) is 0 Å². The van der Waals surface area contributed by atoms with Gasteiger partial charge in [0.15, 0.2) is 0 Å². The molecule has 2 aromatic carbocycles. The van der Waals surface area contributed by atoms with Crippen molar-refractivity contribution in [3.05, 3.63) is 67.1 Å². The number of nitrogens with zero attached hydrogens (tertiary/aromatic N) is 1. The Hall–Kier alpha value is -2.45. The van der Waals surface area contributed by atoms with Crippen LogP contribution in [-0.2, 0) is 4.74 Å². The summed E-state index contributed by atoms with van der Waals surface area (Å²) in [7, 11) is 1.14. The van der Waals surface area contributed by atoms with Crippen LogP contribution in [0.3, 0.4) is 0 Å². The van der Waals surface area contributed by atoms with E-state index in [1.54, 1.807) is 12.1 Å². The Bertz CT molecular complexity index is 841. The first-order valence-electron chi connectivity index (χ1n) is 6.46.